The van der Waals surface area contributed by atoms with Crippen LogP contribution in [0.25, 0.3) is 0 Å². The molecule has 1 amide bonds. The quantitative estimate of drug-likeness (QED) is 0.795. The minimum absolute atomic E-state index is 0.170. The van der Waals surface area contributed by atoms with Gasteiger partial charge in [0.05, 0.1) is 17.7 Å². The number of amides is 1. The van der Waals surface area contributed by atoms with E-state index in [1.54, 1.807) is 0 Å². The molecule has 0 aliphatic heterocycles. The van der Waals surface area contributed by atoms with Crippen LogP contribution < -0.4 is 10.1 Å². The van der Waals surface area contributed by atoms with Crippen LogP contribution in [0.5, 0.6) is 5.75 Å². The van der Waals surface area contributed by atoms with Crippen LogP contribution in [0.4, 0.5) is 0 Å². The second kappa shape index (κ2) is 8.17. The zero-order valence-corrected chi connectivity index (χ0v) is 14.4. The van der Waals surface area contributed by atoms with E-state index in [4.69, 9.17) is 21.1 Å². The first-order valence-electron chi connectivity index (χ1n) is 7.15. The van der Waals surface area contributed by atoms with Crippen molar-refractivity contribution in [2.24, 2.45) is 0 Å². The third-order valence-corrected chi connectivity index (χ3v) is 3.27. The van der Waals surface area contributed by atoms with Gasteiger partial charge in [-0.2, -0.15) is 0 Å². The van der Waals surface area contributed by atoms with Gasteiger partial charge < -0.3 is 19.9 Å². The van der Waals surface area contributed by atoms with Crippen molar-refractivity contribution in [3.05, 3.63) is 28.8 Å². The molecular weight excluding hydrogens is 322 g/mol. The van der Waals surface area contributed by atoms with Gasteiger partial charge in [0, 0.05) is 18.6 Å². The van der Waals surface area contributed by atoms with Gasteiger partial charge in [0.1, 0.15) is 11.8 Å². The van der Waals surface area contributed by atoms with Crippen LogP contribution in [0, 0.1) is 0 Å². The first-order chi connectivity index (χ1) is 10.6. The Kier molecular flexibility index (Phi) is 6.84. The molecule has 0 aromatic heterocycles. The summed E-state index contributed by atoms with van der Waals surface area (Å²) < 4.78 is 10.5. The Hall–Kier alpha value is -1.79. The van der Waals surface area contributed by atoms with Crippen LogP contribution >= 0.6 is 11.6 Å². The molecule has 128 valence electrons. The highest BCUT2D eigenvalue weighted by Gasteiger charge is 2.22. The third-order valence-electron chi connectivity index (χ3n) is 2.96. The van der Waals surface area contributed by atoms with Crippen LogP contribution in [0.15, 0.2) is 18.2 Å². The summed E-state index contributed by atoms with van der Waals surface area (Å²) in [5, 5.41) is 12.1. The van der Waals surface area contributed by atoms with Gasteiger partial charge in [-0.15, -0.1) is 0 Å². The van der Waals surface area contributed by atoms with Gasteiger partial charge in [-0.25, -0.2) is 4.79 Å². The third kappa shape index (κ3) is 6.46. The second-order valence-electron chi connectivity index (χ2n) is 5.96. The van der Waals surface area contributed by atoms with Crippen molar-refractivity contribution in [1.29, 1.82) is 0 Å². The highest BCUT2D eigenvalue weighted by molar-refractivity contribution is 6.32. The predicted molar refractivity (Wildman–Crippen MR) is 87.2 cm³/mol. The fourth-order valence-corrected chi connectivity index (χ4v) is 1.98. The fourth-order valence-electron chi connectivity index (χ4n) is 1.78. The molecule has 1 rings (SSSR count). The highest BCUT2D eigenvalue weighted by atomic mass is 35.5. The summed E-state index contributed by atoms with van der Waals surface area (Å²) in [7, 11) is 1.44. The molecule has 2 N–H and O–H groups in total. The van der Waals surface area contributed by atoms with Gasteiger partial charge in [0.25, 0.3) is 5.91 Å². The number of hydrogen-bond donors (Lipinski definition) is 2. The Bertz CT molecular complexity index is 568. The van der Waals surface area contributed by atoms with E-state index in [2.05, 4.69) is 5.32 Å². The summed E-state index contributed by atoms with van der Waals surface area (Å²) in [5.41, 5.74) is -0.0920. The summed E-state index contributed by atoms with van der Waals surface area (Å²) in [6, 6.07) is 3.45. The number of carboxylic acids is 1. The molecule has 0 saturated carbocycles. The predicted octanol–water partition coefficient (Wildman–Crippen LogP) is 2.74. The van der Waals surface area contributed by atoms with Gasteiger partial charge in [-0.1, -0.05) is 11.6 Å². The van der Waals surface area contributed by atoms with Crippen molar-refractivity contribution in [3.8, 4) is 5.75 Å². The van der Waals surface area contributed by atoms with E-state index < -0.39 is 17.9 Å². The zero-order chi connectivity index (χ0) is 17.6. The van der Waals surface area contributed by atoms with Crippen molar-refractivity contribution in [2.45, 2.75) is 38.8 Å². The number of carbonyl (C=O) groups excluding carboxylic acids is 1. The van der Waals surface area contributed by atoms with E-state index in [-0.39, 0.29) is 24.2 Å². The molecule has 23 heavy (non-hydrogen) atoms. The summed E-state index contributed by atoms with van der Waals surface area (Å²) in [6.45, 7) is 5.86. The van der Waals surface area contributed by atoms with E-state index in [1.807, 2.05) is 20.8 Å². The first-order valence-corrected chi connectivity index (χ1v) is 7.53. The van der Waals surface area contributed by atoms with Crippen molar-refractivity contribution < 1.29 is 24.2 Å². The van der Waals surface area contributed by atoms with Crippen molar-refractivity contribution in [2.75, 3.05) is 13.7 Å². The molecule has 0 aliphatic rings. The summed E-state index contributed by atoms with van der Waals surface area (Å²) in [4.78, 5) is 23.5. The normalized spacial score (nSPS) is 12.6. The molecule has 7 heteroatoms. The molecule has 0 bridgehead atoms. The lowest BCUT2D eigenvalue weighted by atomic mass is 10.1. The number of aliphatic carboxylic acids is 1. The van der Waals surface area contributed by atoms with Gasteiger partial charge in [-0.05, 0) is 39.0 Å². The Labute approximate surface area is 140 Å². The SMILES string of the molecule is COc1cc(C(=O)NC(CCOC(C)(C)C)C(=O)O)ccc1Cl. The van der Waals surface area contributed by atoms with E-state index in [0.717, 1.165) is 0 Å². The average Bonchev–Trinajstić information content (AvgIpc) is 2.45. The number of carboxylic acid groups (broad SMARTS) is 1. The molecule has 1 aromatic rings. The summed E-state index contributed by atoms with van der Waals surface area (Å²) in [6.07, 6.45) is 0.170. The smallest absolute Gasteiger partial charge is 0.326 e. The molecule has 0 heterocycles. The maximum absolute atomic E-state index is 12.2. The highest BCUT2D eigenvalue weighted by Crippen LogP contribution is 2.25. The number of halogens is 1. The van der Waals surface area contributed by atoms with Crippen LogP contribution in [-0.2, 0) is 9.53 Å². The zero-order valence-electron chi connectivity index (χ0n) is 13.7. The Morgan fingerprint density at radius 3 is 2.52 bits per heavy atom. The molecule has 0 aliphatic carbocycles. The lowest BCUT2D eigenvalue weighted by Gasteiger charge is -2.21. The van der Waals surface area contributed by atoms with Gasteiger partial charge in [0.15, 0.2) is 0 Å². The average molecular weight is 344 g/mol. The van der Waals surface area contributed by atoms with Gasteiger partial charge in [0.2, 0.25) is 0 Å². The van der Waals surface area contributed by atoms with Gasteiger partial charge in [-0.3, -0.25) is 4.79 Å². The lowest BCUT2D eigenvalue weighted by Crippen LogP contribution is -2.42. The lowest BCUT2D eigenvalue weighted by molar-refractivity contribution is -0.140. The Morgan fingerprint density at radius 2 is 2.00 bits per heavy atom. The number of ether oxygens (including phenoxy) is 2. The standard InChI is InChI=1S/C16H22ClNO5/c1-16(2,3)23-8-7-12(15(20)21)18-14(19)10-5-6-11(17)13(9-10)22-4/h5-6,9,12H,7-8H2,1-4H3,(H,18,19)(H,20,21). The van der Waals surface area contributed by atoms with Crippen LogP contribution in [0.2, 0.25) is 5.02 Å². The van der Waals surface area contributed by atoms with Crippen LogP contribution in [0.1, 0.15) is 37.6 Å². The van der Waals surface area contributed by atoms with Crippen molar-refractivity contribution in [1.82, 2.24) is 5.32 Å². The molecule has 0 saturated heterocycles. The molecule has 0 spiro atoms. The van der Waals surface area contributed by atoms with Gasteiger partial charge >= 0.3 is 5.97 Å². The molecule has 0 fully saturated rings. The van der Waals surface area contributed by atoms with Crippen LogP contribution in [-0.4, -0.2) is 42.3 Å². The van der Waals surface area contributed by atoms with E-state index >= 15 is 0 Å². The topological polar surface area (TPSA) is 84.9 Å². The Balaban J connectivity index is 2.72. The summed E-state index contributed by atoms with van der Waals surface area (Å²) >= 11 is 5.90. The summed E-state index contributed by atoms with van der Waals surface area (Å²) in [5.74, 6) is -1.28. The molecule has 1 atom stereocenters. The molecule has 6 nitrogen and oxygen atoms in total. The molecule has 1 unspecified atom stereocenters. The number of methoxy groups -OCH3 is 1. The maximum Gasteiger partial charge on any atom is 0.326 e. The second-order valence-corrected chi connectivity index (χ2v) is 6.37. The van der Waals surface area contributed by atoms with E-state index in [0.29, 0.717) is 10.8 Å². The minimum atomic E-state index is -1.11. The Morgan fingerprint density at radius 1 is 1.35 bits per heavy atom. The van der Waals surface area contributed by atoms with Crippen molar-refractivity contribution in [3.63, 3.8) is 0 Å². The first kappa shape index (κ1) is 19.3. The number of benzene rings is 1. The molecule has 1 aromatic carbocycles. The van der Waals surface area contributed by atoms with Crippen LogP contribution in [0.3, 0.4) is 0 Å². The van der Waals surface area contributed by atoms with E-state index in [9.17, 15) is 14.7 Å². The fraction of sp³-hybridized carbons (Fsp3) is 0.500. The molecular formula is C16H22ClNO5. The number of nitrogens with one attached hydrogen (secondary N) is 1. The minimum Gasteiger partial charge on any atom is -0.495 e. The number of rotatable bonds is 7. The monoisotopic (exact) mass is 343 g/mol. The number of hydrogen-bond acceptors (Lipinski definition) is 4. The largest absolute Gasteiger partial charge is 0.495 e. The molecule has 0 radical (unpaired) electrons. The maximum atomic E-state index is 12.2. The number of carbonyl (C=O) groups is 2. The van der Waals surface area contributed by atoms with Crippen molar-refractivity contribution >= 4 is 23.5 Å². The van der Waals surface area contributed by atoms with E-state index in [1.165, 1.54) is 25.3 Å².